The molecule has 0 aliphatic carbocycles. The minimum atomic E-state index is -4.34. The smallest absolute Gasteiger partial charge is 0.346 e. The summed E-state index contributed by atoms with van der Waals surface area (Å²) in [5.41, 5.74) is -1.28. The van der Waals surface area contributed by atoms with E-state index >= 15 is 0 Å². The molecule has 0 saturated carbocycles. The lowest BCUT2D eigenvalue weighted by Gasteiger charge is -2.22. The molecule has 352 valence electrons. The van der Waals surface area contributed by atoms with Crippen LogP contribution in [0.1, 0.15) is 66.5 Å². The van der Waals surface area contributed by atoms with Crippen LogP contribution >= 0.6 is 15.2 Å². The van der Waals surface area contributed by atoms with E-state index in [-0.39, 0.29) is 13.6 Å². The van der Waals surface area contributed by atoms with Crippen LogP contribution in [0.4, 0.5) is 0 Å². The summed E-state index contributed by atoms with van der Waals surface area (Å²) in [6, 6.07) is 6.11. The largest absolute Gasteiger partial charge is 0.493 e. The van der Waals surface area contributed by atoms with Gasteiger partial charge in [-0.3, -0.25) is 9.13 Å². The van der Waals surface area contributed by atoms with Crippen molar-refractivity contribution >= 4 is 66.7 Å². The predicted molar refractivity (Wildman–Crippen MR) is 232 cm³/mol. The van der Waals surface area contributed by atoms with Crippen molar-refractivity contribution in [3.63, 3.8) is 0 Å². The zero-order valence-electron chi connectivity index (χ0n) is 35.9. The minimum Gasteiger partial charge on any atom is -0.493 e. The van der Waals surface area contributed by atoms with Crippen molar-refractivity contribution in [3.8, 4) is 34.5 Å². The third-order valence-corrected chi connectivity index (χ3v) is 22.4. The minimum absolute atomic E-state index is 0.00631. The number of fused-ring (bicyclic) bond motifs is 2. The molecule has 2 aromatic rings. The summed E-state index contributed by atoms with van der Waals surface area (Å²) >= 11 is 0. The topological polar surface area (TPSA) is 263 Å². The lowest BCUT2D eigenvalue weighted by molar-refractivity contribution is 0.144. The molecule has 2 aromatic carbocycles. The van der Waals surface area contributed by atoms with E-state index in [1.807, 2.05) is 0 Å². The van der Waals surface area contributed by atoms with Crippen LogP contribution in [-0.2, 0) is 66.6 Å². The first-order chi connectivity index (χ1) is 28.5. The molecule has 2 aliphatic rings. The number of sulfone groups is 4. The van der Waals surface area contributed by atoms with Crippen LogP contribution in [0.15, 0.2) is 35.1 Å². The molecule has 20 nitrogen and oxygen atoms in total. The third kappa shape index (κ3) is 17.4. The molecular formula is C36H54O20P2S4. The van der Waals surface area contributed by atoms with Gasteiger partial charge in [0.05, 0.1) is 38.6 Å². The Bertz CT molecular complexity index is 2300. The summed E-state index contributed by atoms with van der Waals surface area (Å²) in [6.45, 7) is 12.6. The van der Waals surface area contributed by atoms with E-state index in [0.717, 1.165) is 10.8 Å². The predicted octanol–water partition coefficient (Wildman–Crippen LogP) is 6.36. The summed E-state index contributed by atoms with van der Waals surface area (Å²) in [6.07, 6.45) is 0.137. The van der Waals surface area contributed by atoms with E-state index in [1.54, 1.807) is 55.4 Å². The Hall–Kier alpha value is -3.18. The zero-order valence-corrected chi connectivity index (χ0v) is 40.9. The Morgan fingerprint density at radius 1 is 0.532 bits per heavy atom. The van der Waals surface area contributed by atoms with Gasteiger partial charge in [0.15, 0.2) is 83.5 Å². The molecule has 0 atom stereocenters. The van der Waals surface area contributed by atoms with Crippen molar-refractivity contribution in [2.75, 3.05) is 49.0 Å². The van der Waals surface area contributed by atoms with E-state index in [9.17, 15) is 42.8 Å². The Labute approximate surface area is 363 Å². The SMILES string of the molecule is COc1cc(/C=C/S(=O)(=O)CS(=O)(=O)CP(=O)(OC(C)C)OC(C)C)cc2c1OCO2.COc1cc(/C=C/S(=O)(=O)CS(=O)(=O)CP(=O)(OC(C)C)OC(C)C)cc2c1OCO2. The lowest BCUT2D eigenvalue weighted by Crippen LogP contribution is -2.21. The lowest BCUT2D eigenvalue weighted by atomic mass is 10.2. The van der Waals surface area contributed by atoms with E-state index in [0.29, 0.717) is 45.6 Å². The van der Waals surface area contributed by atoms with Crippen LogP contribution in [-0.4, -0.2) is 107 Å². The Balaban J connectivity index is 0.000000330. The molecular weight excluding hydrogens is 943 g/mol. The summed E-state index contributed by atoms with van der Waals surface area (Å²) in [5, 5.41) is -0.964. The molecule has 26 heteroatoms. The van der Waals surface area contributed by atoms with E-state index < -0.39 is 100 Å². The van der Waals surface area contributed by atoms with Crippen molar-refractivity contribution in [2.24, 2.45) is 0 Å². The highest BCUT2D eigenvalue weighted by molar-refractivity contribution is 8.12. The number of hydrogen-bond acceptors (Lipinski definition) is 20. The molecule has 0 saturated heterocycles. The second-order valence-corrected chi connectivity index (χ2v) is 28.1. The summed E-state index contributed by atoms with van der Waals surface area (Å²) in [5.74, 6) is 2.24. The van der Waals surface area contributed by atoms with Gasteiger partial charge in [0.25, 0.3) is 0 Å². The highest BCUT2D eigenvalue weighted by atomic mass is 32.3. The number of benzene rings is 2. The number of rotatable bonds is 22. The fourth-order valence-corrected chi connectivity index (χ4v) is 20.2. The van der Waals surface area contributed by atoms with Gasteiger partial charge in [-0.05, 0) is 103 Å². The standard InChI is InChI=1S/2C18H27O10PS2/c2*1-13(2)27-29(19,28-14(3)4)11-31(22,23)12-30(20,21)7-6-15-8-16(24-5)18-17(9-15)25-10-26-18/h2*6-9,13-14H,10-12H2,1-5H3/b2*7-6+. The fourth-order valence-electron chi connectivity index (χ4n) is 5.45. The molecule has 0 fully saturated rings. The Kier molecular flexibility index (Phi) is 18.6. The first-order valence-corrected chi connectivity index (χ1v) is 29.1. The van der Waals surface area contributed by atoms with Crippen LogP contribution in [0.5, 0.6) is 34.5 Å². The van der Waals surface area contributed by atoms with Crippen molar-refractivity contribution in [1.82, 2.24) is 0 Å². The molecule has 0 bridgehead atoms. The maximum absolute atomic E-state index is 12.8. The van der Waals surface area contributed by atoms with Crippen LogP contribution in [0, 0.1) is 0 Å². The molecule has 0 radical (unpaired) electrons. The monoisotopic (exact) mass is 996 g/mol. The quantitative estimate of drug-likeness (QED) is 0.116. The van der Waals surface area contributed by atoms with Crippen molar-refractivity contribution in [2.45, 2.75) is 79.8 Å². The van der Waals surface area contributed by atoms with Crippen molar-refractivity contribution < 1.29 is 89.3 Å². The first kappa shape index (κ1) is 53.2. The first-order valence-electron chi connectivity index (χ1n) is 18.6. The molecule has 62 heavy (non-hydrogen) atoms. The molecule has 0 spiro atoms. The fraction of sp³-hybridized carbons (Fsp3) is 0.556. The van der Waals surface area contributed by atoms with Gasteiger partial charge in [0.1, 0.15) is 0 Å². The van der Waals surface area contributed by atoms with Gasteiger partial charge in [-0.15, -0.1) is 0 Å². The van der Waals surface area contributed by atoms with Gasteiger partial charge in [-0.2, -0.15) is 0 Å². The van der Waals surface area contributed by atoms with Gasteiger partial charge in [-0.25, -0.2) is 33.7 Å². The second kappa shape index (κ2) is 21.7. The summed E-state index contributed by atoms with van der Waals surface area (Å²) < 4.78 is 177. The van der Waals surface area contributed by atoms with Gasteiger partial charge < -0.3 is 46.5 Å². The average Bonchev–Trinajstić information content (AvgIpc) is 3.76. The number of hydrogen-bond donors (Lipinski definition) is 0. The molecule has 4 rings (SSSR count). The third-order valence-electron chi connectivity index (χ3n) is 7.18. The summed E-state index contributed by atoms with van der Waals surface area (Å²) in [7, 11) is -22.4. The van der Waals surface area contributed by atoms with Crippen molar-refractivity contribution in [3.05, 3.63) is 46.2 Å². The highest BCUT2D eigenvalue weighted by Crippen LogP contribution is 2.53. The number of methoxy groups -OCH3 is 2. The normalized spacial score (nSPS) is 14.7. The molecule has 0 amide bonds. The molecule has 0 aromatic heterocycles. The summed E-state index contributed by atoms with van der Waals surface area (Å²) in [4.78, 5) is 0. The van der Waals surface area contributed by atoms with E-state index in [1.165, 1.54) is 50.6 Å². The highest BCUT2D eigenvalue weighted by Gasteiger charge is 2.38. The van der Waals surface area contributed by atoms with Crippen LogP contribution in [0.2, 0.25) is 0 Å². The zero-order chi connectivity index (χ0) is 46.9. The Morgan fingerprint density at radius 3 is 1.11 bits per heavy atom. The maximum Gasteiger partial charge on any atom is 0.346 e. The number of ether oxygens (including phenoxy) is 6. The van der Waals surface area contributed by atoms with Crippen molar-refractivity contribution in [1.29, 1.82) is 0 Å². The Morgan fingerprint density at radius 2 is 0.839 bits per heavy atom. The van der Waals surface area contributed by atoms with Gasteiger partial charge in [-0.1, -0.05) is 0 Å². The molecule has 0 unspecified atom stereocenters. The molecule has 2 heterocycles. The van der Waals surface area contributed by atoms with Crippen LogP contribution in [0.25, 0.3) is 12.2 Å². The van der Waals surface area contributed by atoms with E-state index in [4.69, 9.17) is 46.5 Å². The van der Waals surface area contributed by atoms with E-state index in [2.05, 4.69) is 0 Å². The van der Waals surface area contributed by atoms with Gasteiger partial charge in [0, 0.05) is 10.8 Å². The van der Waals surface area contributed by atoms with Gasteiger partial charge in [0.2, 0.25) is 25.1 Å². The van der Waals surface area contributed by atoms with Gasteiger partial charge >= 0.3 is 15.2 Å². The second-order valence-electron chi connectivity index (χ2n) is 14.7. The molecule has 0 N–H and O–H groups in total. The maximum atomic E-state index is 12.8. The van der Waals surface area contributed by atoms with Crippen LogP contribution < -0.4 is 28.4 Å². The average molecular weight is 997 g/mol. The molecule has 2 aliphatic heterocycles. The van der Waals surface area contributed by atoms with Crippen LogP contribution in [0.3, 0.4) is 0 Å².